The Bertz CT molecular complexity index is 286. The van der Waals surface area contributed by atoms with Gasteiger partial charge in [0.1, 0.15) is 0 Å². The molecule has 4 heteroatoms. The van der Waals surface area contributed by atoms with Crippen LogP contribution in [-0.2, 0) is 14.8 Å². The standard InChI is InChI=1S/C12H17NO3/c1-2-5-11(6-3-1)13-9-4-7-12-8-10-14-16-15-12/h1-3,5-6,12-13H,4,7-10H2. The van der Waals surface area contributed by atoms with Gasteiger partial charge in [-0.2, -0.15) is 0 Å². The molecule has 1 heterocycles. The topological polar surface area (TPSA) is 39.7 Å². The fraction of sp³-hybridized carbons (Fsp3) is 0.500. The Morgan fingerprint density at radius 3 is 2.88 bits per heavy atom. The zero-order valence-corrected chi connectivity index (χ0v) is 9.22. The van der Waals surface area contributed by atoms with Crippen LogP contribution in [0.3, 0.4) is 0 Å². The molecule has 1 aromatic rings. The zero-order chi connectivity index (χ0) is 11.1. The molecule has 1 aromatic carbocycles. The van der Waals surface area contributed by atoms with Gasteiger partial charge in [-0.1, -0.05) is 23.2 Å². The van der Waals surface area contributed by atoms with Crippen molar-refractivity contribution < 1.29 is 14.8 Å². The molecule has 16 heavy (non-hydrogen) atoms. The van der Waals surface area contributed by atoms with Crippen molar-refractivity contribution in [2.24, 2.45) is 0 Å². The Labute approximate surface area is 95.4 Å². The second kappa shape index (κ2) is 6.48. The maximum Gasteiger partial charge on any atom is 0.0985 e. The van der Waals surface area contributed by atoms with Crippen LogP contribution in [0.1, 0.15) is 19.3 Å². The monoisotopic (exact) mass is 223 g/mol. The van der Waals surface area contributed by atoms with Crippen molar-refractivity contribution in [1.29, 1.82) is 0 Å². The molecule has 4 nitrogen and oxygen atoms in total. The highest BCUT2D eigenvalue weighted by Crippen LogP contribution is 2.13. The van der Waals surface area contributed by atoms with E-state index in [0.29, 0.717) is 6.61 Å². The van der Waals surface area contributed by atoms with E-state index in [1.165, 1.54) is 0 Å². The minimum absolute atomic E-state index is 0.173. The lowest BCUT2D eigenvalue weighted by molar-refractivity contribution is -0.549. The predicted molar refractivity (Wildman–Crippen MR) is 60.7 cm³/mol. The molecule has 0 spiro atoms. The second-order valence-corrected chi connectivity index (χ2v) is 3.83. The molecule has 1 aliphatic rings. The normalized spacial score (nSPS) is 20.6. The minimum atomic E-state index is 0.173. The van der Waals surface area contributed by atoms with E-state index in [2.05, 4.69) is 27.4 Å². The zero-order valence-electron chi connectivity index (χ0n) is 9.22. The van der Waals surface area contributed by atoms with Gasteiger partial charge in [-0.15, -0.1) is 0 Å². The summed E-state index contributed by atoms with van der Waals surface area (Å²) >= 11 is 0. The van der Waals surface area contributed by atoms with Crippen LogP contribution >= 0.6 is 0 Å². The van der Waals surface area contributed by atoms with E-state index in [4.69, 9.17) is 4.89 Å². The van der Waals surface area contributed by atoms with Crippen molar-refractivity contribution >= 4 is 5.69 Å². The van der Waals surface area contributed by atoms with E-state index < -0.39 is 0 Å². The van der Waals surface area contributed by atoms with Gasteiger partial charge in [0.2, 0.25) is 0 Å². The van der Waals surface area contributed by atoms with Gasteiger partial charge in [-0.25, -0.2) is 9.78 Å². The summed E-state index contributed by atoms with van der Waals surface area (Å²) in [7, 11) is 0. The number of benzene rings is 1. The third kappa shape index (κ3) is 3.81. The summed E-state index contributed by atoms with van der Waals surface area (Å²) in [4.78, 5) is 9.62. The number of hydrogen-bond donors (Lipinski definition) is 1. The highest BCUT2D eigenvalue weighted by molar-refractivity contribution is 5.42. The Hall–Kier alpha value is -1.10. The van der Waals surface area contributed by atoms with Gasteiger partial charge in [0, 0.05) is 18.7 Å². The molecule has 1 saturated heterocycles. The molecule has 1 N–H and O–H groups in total. The van der Waals surface area contributed by atoms with E-state index >= 15 is 0 Å². The molecule has 1 aliphatic heterocycles. The van der Waals surface area contributed by atoms with Crippen LogP contribution in [0, 0.1) is 0 Å². The lowest BCUT2D eigenvalue weighted by atomic mass is 10.1. The van der Waals surface area contributed by atoms with Gasteiger partial charge >= 0.3 is 0 Å². The molecular weight excluding hydrogens is 206 g/mol. The van der Waals surface area contributed by atoms with Crippen LogP contribution < -0.4 is 5.32 Å². The molecule has 0 amide bonds. The van der Waals surface area contributed by atoms with Gasteiger partial charge in [0.25, 0.3) is 0 Å². The number of anilines is 1. The van der Waals surface area contributed by atoms with Crippen LogP contribution in [0.4, 0.5) is 5.69 Å². The molecule has 88 valence electrons. The predicted octanol–water partition coefficient (Wildman–Crippen LogP) is 2.53. The minimum Gasteiger partial charge on any atom is -0.385 e. The Kier molecular flexibility index (Phi) is 4.61. The second-order valence-electron chi connectivity index (χ2n) is 3.83. The van der Waals surface area contributed by atoms with Crippen molar-refractivity contribution in [2.75, 3.05) is 18.5 Å². The highest BCUT2D eigenvalue weighted by atomic mass is 17.5. The van der Waals surface area contributed by atoms with Crippen LogP contribution in [0.2, 0.25) is 0 Å². The smallest absolute Gasteiger partial charge is 0.0985 e. The summed E-state index contributed by atoms with van der Waals surface area (Å²) in [6.07, 6.45) is 3.13. The molecule has 0 aromatic heterocycles. The lowest BCUT2D eigenvalue weighted by Gasteiger charge is -2.19. The van der Waals surface area contributed by atoms with Gasteiger partial charge < -0.3 is 5.32 Å². The summed E-state index contributed by atoms with van der Waals surface area (Å²) < 4.78 is 0. The first-order valence-corrected chi connectivity index (χ1v) is 5.69. The molecular formula is C12H17NO3. The number of hydrogen-bond acceptors (Lipinski definition) is 4. The average Bonchev–Trinajstić information content (AvgIpc) is 2.37. The van der Waals surface area contributed by atoms with Gasteiger partial charge in [-0.3, -0.25) is 0 Å². The summed E-state index contributed by atoms with van der Waals surface area (Å²) in [5, 5.41) is 7.83. The van der Waals surface area contributed by atoms with Gasteiger partial charge in [0.05, 0.1) is 12.7 Å². The summed E-state index contributed by atoms with van der Waals surface area (Å²) in [6, 6.07) is 10.2. The Morgan fingerprint density at radius 1 is 1.25 bits per heavy atom. The summed E-state index contributed by atoms with van der Waals surface area (Å²) in [6.45, 7) is 1.57. The maximum absolute atomic E-state index is 4.98. The van der Waals surface area contributed by atoms with E-state index in [1.54, 1.807) is 0 Å². The summed E-state index contributed by atoms with van der Waals surface area (Å²) in [5.74, 6) is 0. The first kappa shape index (κ1) is 11.4. The highest BCUT2D eigenvalue weighted by Gasteiger charge is 2.15. The molecule has 2 rings (SSSR count). The quantitative estimate of drug-likeness (QED) is 0.615. The molecule has 0 bridgehead atoms. The average molecular weight is 223 g/mol. The Balaban J connectivity index is 1.58. The Morgan fingerprint density at radius 2 is 2.12 bits per heavy atom. The largest absolute Gasteiger partial charge is 0.385 e. The van der Waals surface area contributed by atoms with Crippen molar-refractivity contribution in [2.45, 2.75) is 25.4 Å². The van der Waals surface area contributed by atoms with E-state index in [-0.39, 0.29) is 6.10 Å². The van der Waals surface area contributed by atoms with Crippen LogP contribution in [0.5, 0.6) is 0 Å². The first-order valence-electron chi connectivity index (χ1n) is 5.69. The third-order valence-electron chi connectivity index (χ3n) is 2.55. The maximum atomic E-state index is 4.98. The van der Waals surface area contributed by atoms with Gasteiger partial charge in [0.15, 0.2) is 0 Å². The van der Waals surface area contributed by atoms with Crippen molar-refractivity contribution in [3.8, 4) is 0 Å². The SMILES string of the molecule is c1ccc(NCCCC2CCOOO2)cc1. The molecule has 1 unspecified atom stereocenters. The van der Waals surface area contributed by atoms with Crippen LogP contribution in [0.25, 0.3) is 0 Å². The van der Waals surface area contributed by atoms with Crippen LogP contribution in [0.15, 0.2) is 30.3 Å². The molecule has 1 fully saturated rings. The van der Waals surface area contributed by atoms with E-state index in [9.17, 15) is 0 Å². The van der Waals surface area contributed by atoms with Crippen LogP contribution in [-0.4, -0.2) is 19.3 Å². The molecule has 1 atom stereocenters. The molecule has 0 radical (unpaired) electrons. The molecule has 0 saturated carbocycles. The van der Waals surface area contributed by atoms with E-state index in [1.807, 2.05) is 18.2 Å². The number of nitrogens with one attached hydrogen (secondary N) is 1. The lowest BCUT2D eigenvalue weighted by Crippen LogP contribution is -2.22. The van der Waals surface area contributed by atoms with Crippen molar-refractivity contribution in [1.82, 2.24) is 0 Å². The van der Waals surface area contributed by atoms with Gasteiger partial charge in [-0.05, 0) is 25.0 Å². The number of para-hydroxylation sites is 1. The first-order chi connectivity index (χ1) is 7.95. The van der Waals surface area contributed by atoms with Crippen molar-refractivity contribution in [3.63, 3.8) is 0 Å². The molecule has 0 aliphatic carbocycles. The summed E-state index contributed by atoms with van der Waals surface area (Å²) in [5.41, 5.74) is 1.16. The number of rotatable bonds is 5. The third-order valence-corrected chi connectivity index (χ3v) is 2.55. The van der Waals surface area contributed by atoms with E-state index in [0.717, 1.165) is 31.5 Å². The fourth-order valence-electron chi connectivity index (χ4n) is 1.66. The van der Waals surface area contributed by atoms with Crippen molar-refractivity contribution in [3.05, 3.63) is 30.3 Å². The fourth-order valence-corrected chi connectivity index (χ4v) is 1.66.